The molecular weight excluding hydrogens is 509 g/mol. The third-order valence-corrected chi connectivity index (χ3v) is 9.14. The van der Waals surface area contributed by atoms with Crippen molar-refractivity contribution in [3.8, 4) is 0 Å². The summed E-state index contributed by atoms with van der Waals surface area (Å²) in [5.41, 5.74) is 12.8. The Morgan fingerprint density at radius 3 is 1.74 bits per heavy atom. The van der Waals surface area contributed by atoms with Crippen LogP contribution in [0.1, 0.15) is 0 Å². The molecule has 3 aliphatic heterocycles. The van der Waals surface area contributed by atoms with Crippen molar-refractivity contribution in [2.75, 3.05) is 14.7 Å². The second-order valence-corrected chi connectivity index (χ2v) is 11.3. The second kappa shape index (κ2) is 9.15. The Morgan fingerprint density at radius 2 is 1.02 bits per heavy atom. The number of allylic oxidation sites excluding steroid dienone is 2. The van der Waals surface area contributed by atoms with Gasteiger partial charge in [-0.05, 0) is 65.5 Å². The molecule has 2 unspecified atom stereocenters. The molecule has 1 aliphatic carbocycles. The fourth-order valence-corrected chi connectivity index (χ4v) is 7.57. The lowest BCUT2D eigenvalue weighted by atomic mass is 9.34. The summed E-state index contributed by atoms with van der Waals surface area (Å²) in [6.45, 7) is 0.0925. The molecule has 3 heterocycles. The van der Waals surface area contributed by atoms with Crippen molar-refractivity contribution < 1.29 is 0 Å². The largest absolute Gasteiger partial charge is 0.343 e. The molecule has 0 aromatic heterocycles. The Kier molecular flexibility index (Phi) is 5.12. The lowest BCUT2D eigenvalue weighted by Gasteiger charge is -2.45. The molecule has 0 amide bonds. The molecule has 42 heavy (non-hydrogen) atoms. The standard InChI is InChI=1S/C38H28BN3/c1-4-15-27(16-5-1)40-33-24-13-11-22-31(33)39-36-34(40)25-14-26-35(36)41(28-17-6-2-7-18-28)37-30-21-10-12-23-32(30)42(38(37)39)29-19-8-3-9-20-29/h1-26,30,32H. The summed E-state index contributed by atoms with van der Waals surface area (Å²) in [4.78, 5) is 7.62. The van der Waals surface area contributed by atoms with Crippen LogP contribution in [0, 0.1) is 5.92 Å². The monoisotopic (exact) mass is 537 g/mol. The van der Waals surface area contributed by atoms with Crippen molar-refractivity contribution in [1.82, 2.24) is 0 Å². The third kappa shape index (κ3) is 3.24. The molecule has 0 radical (unpaired) electrons. The Balaban J connectivity index is 1.40. The van der Waals surface area contributed by atoms with Crippen LogP contribution >= 0.6 is 0 Å². The number of nitrogens with zero attached hydrogens (tertiary/aromatic N) is 3. The van der Waals surface area contributed by atoms with Crippen LogP contribution in [0.2, 0.25) is 0 Å². The first-order valence-electron chi connectivity index (χ1n) is 14.8. The molecule has 198 valence electrons. The van der Waals surface area contributed by atoms with Crippen LogP contribution in [0.15, 0.2) is 169 Å². The average Bonchev–Trinajstić information content (AvgIpc) is 3.41. The minimum Gasteiger partial charge on any atom is -0.343 e. The van der Waals surface area contributed by atoms with E-state index in [9.17, 15) is 0 Å². The minimum atomic E-state index is 0.0925. The molecule has 4 heteroatoms. The van der Waals surface area contributed by atoms with Gasteiger partial charge in [-0.1, -0.05) is 103 Å². The maximum absolute atomic E-state index is 2.62. The van der Waals surface area contributed by atoms with Gasteiger partial charge < -0.3 is 14.7 Å². The van der Waals surface area contributed by atoms with Gasteiger partial charge in [0.2, 0.25) is 0 Å². The predicted molar refractivity (Wildman–Crippen MR) is 176 cm³/mol. The fourth-order valence-electron chi connectivity index (χ4n) is 7.57. The molecule has 3 nitrogen and oxygen atoms in total. The van der Waals surface area contributed by atoms with Gasteiger partial charge in [0.25, 0.3) is 6.71 Å². The second-order valence-electron chi connectivity index (χ2n) is 11.3. The molecule has 4 aliphatic rings. The van der Waals surface area contributed by atoms with Crippen LogP contribution in [-0.2, 0) is 0 Å². The van der Waals surface area contributed by atoms with E-state index >= 15 is 0 Å². The first-order valence-corrected chi connectivity index (χ1v) is 14.8. The number of fused-ring (bicyclic) bond motifs is 5. The van der Waals surface area contributed by atoms with E-state index < -0.39 is 0 Å². The van der Waals surface area contributed by atoms with Crippen molar-refractivity contribution in [2.45, 2.75) is 6.04 Å². The Morgan fingerprint density at radius 1 is 0.476 bits per heavy atom. The van der Waals surface area contributed by atoms with Gasteiger partial charge in [-0.2, -0.15) is 0 Å². The fraction of sp³-hybridized carbons (Fsp3) is 0.0526. The Hall–Kier alpha value is -5.22. The summed E-state index contributed by atoms with van der Waals surface area (Å²) in [6, 6.07) is 48.7. The SMILES string of the molecule is C1=CC2C3=C(B4c5ccccc5N(c5ccccc5)c5cccc(c54)N3c3ccccc3)N(c3ccccc3)C2C=C1. The van der Waals surface area contributed by atoms with Gasteiger partial charge >= 0.3 is 0 Å². The normalized spacial score (nSPS) is 19.4. The molecule has 0 saturated heterocycles. The molecular formula is C38H28BN3. The smallest absolute Gasteiger partial charge is 0.272 e. The van der Waals surface area contributed by atoms with Crippen LogP contribution in [0.4, 0.5) is 34.1 Å². The maximum Gasteiger partial charge on any atom is 0.272 e. The lowest BCUT2D eigenvalue weighted by Crippen LogP contribution is -2.58. The van der Waals surface area contributed by atoms with Crippen LogP contribution in [0.3, 0.4) is 0 Å². The van der Waals surface area contributed by atoms with Crippen molar-refractivity contribution in [2.24, 2.45) is 5.92 Å². The topological polar surface area (TPSA) is 9.72 Å². The molecule has 9 rings (SSSR count). The summed E-state index contributed by atoms with van der Waals surface area (Å²) in [5, 5.41) is 0. The highest BCUT2D eigenvalue weighted by Gasteiger charge is 2.53. The summed E-state index contributed by atoms with van der Waals surface area (Å²) in [7, 11) is 0. The number of hydrogen-bond acceptors (Lipinski definition) is 3. The number of hydrogen-bond donors (Lipinski definition) is 0. The van der Waals surface area contributed by atoms with Crippen molar-refractivity contribution in [1.29, 1.82) is 0 Å². The van der Waals surface area contributed by atoms with Crippen molar-refractivity contribution in [3.63, 3.8) is 0 Å². The van der Waals surface area contributed by atoms with Crippen LogP contribution in [0.25, 0.3) is 0 Å². The molecule has 0 bridgehead atoms. The Bertz CT molecular complexity index is 1910. The summed E-state index contributed by atoms with van der Waals surface area (Å²) >= 11 is 0. The van der Waals surface area contributed by atoms with E-state index in [0.717, 1.165) is 0 Å². The van der Waals surface area contributed by atoms with E-state index in [2.05, 4.69) is 172 Å². The highest BCUT2D eigenvalue weighted by Crippen LogP contribution is 2.51. The van der Waals surface area contributed by atoms with E-state index in [-0.39, 0.29) is 18.7 Å². The number of benzene rings is 5. The van der Waals surface area contributed by atoms with Gasteiger partial charge in [0.1, 0.15) is 0 Å². The van der Waals surface area contributed by atoms with Gasteiger partial charge in [-0.15, -0.1) is 0 Å². The zero-order valence-corrected chi connectivity index (χ0v) is 23.1. The van der Waals surface area contributed by atoms with E-state index in [4.69, 9.17) is 0 Å². The summed E-state index contributed by atoms with van der Waals surface area (Å²) in [5.74, 6) is 0.224. The zero-order valence-electron chi connectivity index (χ0n) is 23.1. The first kappa shape index (κ1) is 23.5. The van der Waals surface area contributed by atoms with E-state index in [0.29, 0.717) is 0 Å². The first-order chi connectivity index (χ1) is 20.9. The molecule has 5 aromatic rings. The quantitative estimate of drug-likeness (QED) is 0.219. The minimum absolute atomic E-state index is 0.0925. The number of anilines is 6. The molecule has 0 fully saturated rings. The zero-order chi connectivity index (χ0) is 27.6. The predicted octanol–water partition coefficient (Wildman–Crippen LogP) is 7.61. The van der Waals surface area contributed by atoms with Gasteiger partial charge in [-0.3, -0.25) is 0 Å². The summed E-state index contributed by atoms with van der Waals surface area (Å²) < 4.78 is 0. The Labute approximate surface area is 247 Å². The summed E-state index contributed by atoms with van der Waals surface area (Å²) in [6.07, 6.45) is 9.22. The highest BCUT2D eigenvalue weighted by atomic mass is 15.3. The lowest BCUT2D eigenvalue weighted by molar-refractivity contribution is 0.670. The number of para-hydroxylation sites is 4. The van der Waals surface area contributed by atoms with Gasteiger partial charge in [0.15, 0.2) is 0 Å². The molecule has 0 spiro atoms. The van der Waals surface area contributed by atoms with Gasteiger partial charge in [0, 0.05) is 51.3 Å². The molecule has 0 saturated carbocycles. The van der Waals surface area contributed by atoms with E-state index in [1.807, 2.05) is 0 Å². The average molecular weight is 537 g/mol. The van der Waals surface area contributed by atoms with Crippen LogP contribution < -0.4 is 25.6 Å². The highest BCUT2D eigenvalue weighted by molar-refractivity contribution is 6.95. The van der Waals surface area contributed by atoms with E-state index in [1.54, 1.807) is 0 Å². The third-order valence-electron chi connectivity index (χ3n) is 9.14. The van der Waals surface area contributed by atoms with Gasteiger partial charge in [0.05, 0.1) is 6.04 Å². The number of rotatable bonds is 3. The van der Waals surface area contributed by atoms with E-state index in [1.165, 1.54) is 56.3 Å². The van der Waals surface area contributed by atoms with Crippen LogP contribution in [-0.4, -0.2) is 12.8 Å². The maximum atomic E-state index is 2.62. The molecule has 2 atom stereocenters. The molecule has 5 aromatic carbocycles. The van der Waals surface area contributed by atoms with Gasteiger partial charge in [-0.25, -0.2) is 0 Å². The van der Waals surface area contributed by atoms with Crippen molar-refractivity contribution >= 4 is 51.8 Å². The molecule has 0 N–H and O–H groups in total. The van der Waals surface area contributed by atoms with Crippen molar-refractivity contribution in [3.05, 3.63) is 169 Å². The van der Waals surface area contributed by atoms with Crippen LogP contribution in [0.5, 0.6) is 0 Å².